The van der Waals surface area contributed by atoms with Crippen molar-refractivity contribution >= 4 is 11.4 Å². The highest BCUT2D eigenvalue weighted by Gasteiger charge is 2.29. The third kappa shape index (κ3) is 2.30. The third-order valence-corrected chi connectivity index (χ3v) is 3.73. The van der Waals surface area contributed by atoms with Crippen LogP contribution >= 0.6 is 0 Å². The molecule has 3 heterocycles. The van der Waals surface area contributed by atoms with Gasteiger partial charge < -0.3 is 4.42 Å². The molecule has 6 heteroatoms. The van der Waals surface area contributed by atoms with E-state index in [0.717, 1.165) is 30.1 Å². The Hall–Kier alpha value is -2.50. The Morgan fingerprint density at radius 3 is 2.82 bits per heavy atom. The second-order valence-corrected chi connectivity index (χ2v) is 5.87. The maximum absolute atomic E-state index is 11.4. The molecule has 22 heavy (non-hydrogen) atoms. The first kappa shape index (κ1) is 13.2. The molecule has 4 rings (SSSR count). The molecule has 112 valence electrons. The number of hydrogen-bond acceptors (Lipinski definition) is 5. The van der Waals surface area contributed by atoms with Gasteiger partial charge in [0, 0.05) is 18.4 Å². The van der Waals surface area contributed by atoms with Crippen LogP contribution in [0.4, 0.5) is 0 Å². The predicted octanol–water partition coefficient (Wildman–Crippen LogP) is 2.70. The van der Waals surface area contributed by atoms with E-state index in [2.05, 4.69) is 15.1 Å². The number of carbonyl (C=O) groups is 1. The number of aromatic nitrogens is 4. The first-order valence-corrected chi connectivity index (χ1v) is 7.43. The van der Waals surface area contributed by atoms with Gasteiger partial charge in [0.15, 0.2) is 23.1 Å². The Labute approximate surface area is 127 Å². The molecule has 0 bridgehead atoms. The number of Topliss-reactive ketones (excluding diaryl/α,β-unsaturated/α-hetero) is 1. The van der Waals surface area contributed by atoms with Gasteiger partial charge in [-0.25, -0.2) is 9.97 Å². The molecule has 1 fully saturated rings. The van der Waals surface area contributed by atoms with Gasteiger partial charge in [0.05, 0.1) is 5.69 Å². The molecule has 0 atom stereocenters. The summed E-state index contributed by atoms with van der Waals surface area (Å²) in [4.78, 5) is 20.6. The van der Waals surface area contributed by atoms with E-state index < -0.39 is 0 Å². The van der Waals surface area contributed by atoms with Crippen LogP contribution in [0.1, 0.15) is 43.0 Å². The van der Waals surface area contributed by atoms with Crippen LogP contribution < -0.4 is 0 Å². The van der Waals surface area contributed by atoms with E-state index in [1.165, 1.54) is 0 Å². The highest BCUT2D eigenvalue weighted by atomic mass is 16.3. The van der Waals surface area contributed by atoms with Gasteiger partial charge in [-0.15, -0.1) is 5.10 Å². The van der Waals surface area contributed by atoms with Crippen molar-refractivity contribution in [2.75, 3.05) is 0 Å². The minimum Gasteiger partial charge on any atom is -0.458 e. The molecule has 3 aromatic rings. The van der Waals surface area contributed by atoms with Crippen LogP contribution in [0.5, 0.6) is 0 Å². The number of ketones is 1. The Morgan fingerprint density at radius 1 is 1.36 bits per heavy atom. The summed E-state index contributed by atoms with van der Waals surface area (Å²) in [5.74, 6) is 3.43. The first-order valence-electron chi connectivity index (χ1n) is 7.43. The Bertz CT molecular complexity index is 874. The maximum atomic E-state index is 11.4. The fraction of sp³-hybridized carbons (Fsp3) is 0.375. The Balaban J connectivity index is 1.91. The van der Waals surface area contributed by atoms with Crippen LogP contribution in [-0.2, 0) is 11.2 Å². The van der Waals surface area contributed by atoms with Gasteiger partial charge in [0.25, 0.3) is 0 Å². The monoisotopic (exact) mass is 296 g/mol. The summed E-state index contributed by atoms with van der Waals surface area (Å²) in [6, 6.07) is 5.59. The van der Waals surface area contributed by atoms with E-state index in [4.69, 9.17) is 4.42 Å². The summed E-state index contributed by atoms with van der Waals surface area (Å²) >= 11 is 0. The maximum Gasteiger partial charge on any atom is 0.199 e. The van der Waals surface area contributed by atoms with Crippen LogP contribution in [0.15, 0.2) is 22.6 Å². The molecule has 0 N–H and O–H groups in total. The number of furan rings is 1. The molecule has 6 nitrogen and oxygen atoms in total. The van der Waals surface area contributed by atoms with Crippen LogP contribution in [0.3, 0.4) is 0 Å². The number of aryl methyl sites for hydroxylation is 1. The Kier molecular flexibility index (Phi) is 2.85. The minimum absolute atomic E-state index is 0.0698. The van der Waals surface area contributed by atoms with Crippen LogP contribution in [-0.4, -0.2) is 25.4 Å². The molecule has 3 aromatic heterocycles. The van der Waals surface area contributed by atoms with E-state index in [1.807, 2.05) is 25.1 Å². The summed E-state index contributed by atoms with van der Waals surface area (Å²) in [7, 11) is 0. The highest BCUT2D eigenvalue weighted by molar-refractivity contribution is 5.78. The molecule has 0 radical (unpaired) electrons. The van der Waals surface area contributed by atoms with Crippen LogP contribution in [0.2, 0.25) is 0 Å². The zero-order valence-electron chi connectivity index (χ0n) is 12.5. The number of carbonyl (C=O) groups excluding carboxylic acids is 1. The normalized spacial score (nSPS) is 14.6. The van der Waals surface area contributed by atoms with Gasteiger partial charge in [0.1, 0.15) is 11.5 Å². The van der Waals surface area contributed by atoms with Gasteiger partial charge in [-0.2, -0.15) is 4.52 Å². The third-order valence-electron chi connectivity index (χ3n) is 3.73. The lowest BCUT2D eigenvalue weighted by molar-refractivity contribution is -0.116. The molecular formula is C16H16N4O2. The van der Waals surface area contributed by atoms with Crippen molar-refractivity contribution in [2.45, 2.75) is 39.0 Å². The van der Waals surface area contributed by atoms with Gasteiger partial charge in [-0.3, -0.25) is 4.79 Å². The highest BCUT2D eigenvalue weighted by Crippen LogP contribution is 2.38. The quantitative estimate of drug-likeness (QED) is 0.740. The number of nitrogens with zero attached hydrogens (tertiary/aromatic N) is 4. The molecular weight excluding hydrogens is 280 g/mol. The standard InChI is InChI=1S/C16H16N4O2/c1-9(21)7-12-8-14-18-15(11-4-5-11)19-20(14)16(17-12)13-6-3-10(2)22-13/h3,6,8,11H,4-5,7H2,1-2H3. The van der Waals surface area contributed by atoms with Crippen molar-refractivity contribution in [3.63, 3.8) is 0 Å². The van der Waals surface area contributed by atoms with Crippen molar-refractivity contribution in [3.05, 3.63) is 35.5 Å². The van der Waals surface area contributed by atoms with Crippen LogP contribution in [0, 0.1) is 6.92 Å². The minimum atomic E-state index is 0.0698. The molecule has 1 aliphatic rings. The lowest BCUT2D eigenvalue weighted by Gasteiger charge is -2.03. The summed E-state index contributed by atoms with van der Waals surface area (Å²) in [6.45, 7) is 3.44. The molecule has 0 aromatic carbocycles. The van der Waals surface area contributed by atoms with Gasteiger partial charge in [0.2, 0.25) is 0 Å². The SMILES string of the molecule is CC(=O)Cc1cc2nc(C3CC3)nn2c(-c2ccc(C)o2)n1. The molecule has 1 aliphatic carbocycles. The molecule has 0 saturated heterocycles. The largest absolute Gasteiger partial charge is 0.458 e. The fourth-order valence-corrected chi connectivity index (χ4v) is 2.53. The van der Waals surface area contributed by atoms with E-state index >= 15 is 0 Å². The van der Waals surface area contributed by atoms with Gasteiger partial charge in [-0.1, -0.05) is 0 Å². The smallest absolute Gasteiger partial charge is 0.199 e. The average Bonchev–Trinajstić information content (AvgIpc) is 3.08. The van der Waals surface area contributed by atoms with Crippen molar-refractivity contribution in [2.24, 2.45) is 0 Å². The lowest BCUT2D eigenvalue weighted by Crippen LogP contribution is -2.05. The first-order chi connectivity index (χ1) is 10.6. The summed E-state index contributed by atoms with van der Waals surface area (Å²) < 4.78 is 7.40. The van der Waals surface area contributed by atoms with Crippen molar-refractivity contribution in [1.29, 1.82) is 0 Å². The van der Waals surface area contributed by atoms with E-state index in [1.54, 1.807) is 11.4 Å². The zero-order chi connectivity index (χ0) is 15.3. The molecule has 0 amide bonds. The summed E-state index contributed by atoms with van der Waals surface area (Å²) in [5, 5.41) is 4.58. The van der Waals surface area contributed by atoms with E-state index in [9.17, 15) is 4.79 Å². The molecule has 0 unspecified atom stereocenters. The second-order valence-electron chi connectivity index (χ2n) is 5.87. The fourth-order valence-electron chi connectivity index (χ4n) is 2.53. The van der Waals surface area contributed by atoms with Crippen LogP contribution in [0.25, 0.3) is 17.2 Å². The average molecular weight is 296 g/mol. The van der Waals surface area contributed by atoms with E-state index in [0.29, 0.717) is 23.2 Å². The molecule has 0 aliphatic heterocycles. The van der Waals surface area contributed by atoms with Gasteiger partial charge >= 0.3 is 0 Å². The summed E-state index contributed by atoms with van der Waals surface area (Å²) in [5.41, 5.74) is 1.41. The molecule has 0 spiro atoms. The Morgan fingerprint density at radius 2 is 2.18 bits per heavy atom. The topological polar surface area (TPSA) is 73.3 Å². The van der Waals surface area contributed by atoms with Gasteiger partial charge in [-0.05, 0) is 38.8 Å². The second kappa shape index (κ2) is 4.76. The number of hydrogen-bond donors (Lipinski definition) is 0. The summed E-state index contributed by atoms with van der Waals surface area (Å²) in [6.07, 6.45) is 2.56. The zero-order valence-corrected chi connectivity index (χ0v) is 12.5. The lowest BCUT2D eigenvalue weighted by atomic mass is 10.2. The van der Waals surface area contributed by atoms with Crippen molar-refractivity contribution < 1.29 is 9.21 Å². The number of rotatable bonds is 4. The number of fused-ring (bicyclic) bond motifs is 1. The predicted molar refractivity (Wildman–Crippen MR) is 79.6 cm³/mol. The van der Waals surface area contributed by atoms with Crippen molar-refractivity contribution in [1.82, 2.24) is 19.6 Å². The molecule has 1 saturated carbocycles. The van der Waals surface area contributed by atoms with Crippen molar-refractivity contribution in [3.8, 4) is 11.6 Å². The van der Waals surface area contributed by atoms with E-state index in [-0.39, 0.29) is 12.2 Å².